The van der Waals surface area contributed by atoms with E-state index >= 15 is 0 Å². The zero-order valence-corrected chi connectivity index (χ0v) is 13.7. The van der Waals surface area contributed by atoms with Gasteiger partial charge < -0.3 is 10.6 Å². The number of carbonyl (C=O) groups is 2. The summed E-state index contributed by atoms with van der Waals surface area (Å²) in [4.78, 5) is 24.4. The molecule has 0 saturated heterocycles. The third kappa shape index (κ3) is 3.73. The van der Waals surface area contributed by atoms with Gasteiger partial charge in [-0.2, -0.15) is 5.10 Å². The highest BCUT2D eigenvalue weighted by Crippen LogP contribution is 2.24. The van der Waals surface area contributed by atoms with Gasteiger partial charge in [0.15, 0.2) is 0 Å². The Balaban J connectivity index is 2.15. The lowest BCUT2D eigenvalue weighted by molar-refractivity contribution is -0.139. The van der Waals surface area contributed by atoms with Crippen molar-refractivity contribution in [1.82, 2.24) is 20.4 Å². The quantitative estimate of drug-likeness (QED) is 0.818. The SMILES string of the molecule is CCNC(=O)C(=O)NCC(c1cccs1)n1nc(C)cc1C. The van der Waals surface area contributed by atoms with Crippen molar-refractivity contribution >= 4 is 23.2 Å². The maximum Gasteiger partial charge on any atom is 0.309 e. The highest BCUT2D eigenvalue weighted by Gasteiger charge is 2.20. The first kappa shape index (κ1) is 16.2. The van der Waals surface area contributed by atoms with Gasteiger partial charge in [0.1, 0.15) is 6.04 Å². The van der Waals surface area contributed by atoms with Gasteiger partial charge in [0.2, 0.25) is 0 Å². The van der Waals surface area contributed by atoms with Gasteiger partial charge >= 0.3 is 11.8 Å². The molecule has 2 aromatic heterocycles. The molecule has 0 aliphatic carbocycles. The molecule has 0 aliphatic heterocycles. The molecular weight excluding hydrogens is 300 g/mol. The molecule has 1 unspecified atom stereocenters. The molecule has 0 spiro atoms. The van der Waals surface area contributed by atoms with Gasteiger partial charge in [0.05, 0.1) is 5.69 Å². The predicted molar refractivity (Wildman–Crippen MR) is 85.9 cm³/mol. The Kier molecular flexibility index (Phi) is 5.32. The van der Waals surface area contributed by atoms with Gasteiger partial charge in [-0.25, -0.2) is 0 Å². The minimum absolute atomic E-state index is 0.118. The second kappa shape index (κ2) is 7.22. The number of carbonyl (C=O) groups excluding carboxylic acids is 2. The Morgan fingerprint density at radius 1 is 1.32 bits per heavy atom. The topological polar surface area (TPSA) is 76.0 Å². The molecule has 0 aliphatic rings. The van der Waals surface area contributed by atoms with Crippen molar-refractivity contribution in [3.05, 3.63) is 39.8 Å². The Morgan fingerprint density at radius 2 is 2.05 bits per heavy atom. The fraction of sp³-hybridized carbons (Fsp3) is 0.400. The zero-order valence-electron chi connectivity index (χ0n) is 12.9. The van der Waals surface area contributed by atoms with E-state index < -0.39 is 11.8 Å². The highest BCUT2D eigenvalue weighted by molar-refractivity contribution is 7.10. The molecular formula is C15H20N4O2S. The molecule has 22 heavy (non-hydrogen) atoms. The fourth-order valence-electron chi connectivity index (χ4n) is 2.26. The lowest BCUT2D eigenvalue weighted by Crippen LogP contribution is -2.42. The van der Waals surface area contributed by atoms with Gasteiger partial charge in [-0.05, 0) is 38.3 Å². The molecule has 0 fully saturated rings. The lowest BCUT2D eigenvalue weighted by atomic mass is 10.2. The van der Waals surface area contributed by atoms with E-state index in [1.54, 1.807) is 18.3 Å². The molecule has 1 atom stereocenters. The van der Waals surface area contributed by atoms with E-state index in [2.05, 4.69) is 15.7 Å². The van der Waals surface area contributed by atoms with Crippen LogP contribution in [0.25, 0.3) is 0 Å². The molecule has 0 saturated carbocycles. The Morgan fingerprint density at radius 3 is 2.59 bits per heavy atom. The summed E-state index contributed by atoms with van der Waals surface area (Å²) in [6, 6.07) is 5.84. The molecule has 2 N–H and O–H groups in total. The van der Waals surface area contributed by atoms with Crippen molar-refractivity contribution in [1.29, 1.82) is 0 Å². The van der Waals surface area contributed by atoms with Crippen LogP contribution in [0.1, 0.15) is 29.2 Å². The molecule has 2 amide bonds. The second-order valence-electron chi connectivity index (χ2n) is 4.97. The van der Waals surface area contributed by atoms with Crippen LogP contribution in [-0.2, 0) is 9.59 Å². The molecule has 7 heteroatoms. The van der Waals surface area contributed by atoms with Crippen LogP contribution in [0.5, 0.6) is 0 Å². The number of rotatable bonds is 5. The van der Waals surface area contributed by atoms with Crippen LogP contribution < -0.4 is 10.6 Å². The maximum atomic E-state index is 11.8. The summed E-state index contributed by atoms with van der Waals surface area (Å²) < 4.78 is 1.89. The number of aromatic nitrogens is 2. The maximum absolute atomic E-state index is 11.8. The van der Waals surface area contributed by atoms with Crippen molar-refractivity contribution in [2.75, 3.05) is 13.1 Å². The van der Waals surface area contributed by atoms with E-state index in [9.17, 15) is 9.59 Å². The fourth-order valence-corrected chi connectivity index (χ4v) is 3.07. The van der Waals surface area contributed by atoms with Crippen molar-refractivity contribution in [3.63, 3.8) is 0 Å². The molecule has 118 valence electrons. The smallest absolute Gasteiger partial charge is 0.309 e. The van der Waals surface area contributed by atoms with Crippen LogP contribution in [0, 0.1) is 13.8 Å². The van der Waals surface area contributed by atoms with Crippen molar-refractivity contribution in [2.24, 2.45) is 0 Å². The van der Waals surface area contributed by atoms with Gasteiger partial charge in [-0.3, -0.25) is 14.3 Å². The van der Waals surface area contributed by atoms with Crippen LogP contribution in [-0.4, -0.2) is 34.7 Å². The summed E-state index contributed by atoms with van der Waals surface area (Å²) in [7, 11) is 0. The van der Waals surface area contributed by atoms with Crippen LogP contribution in [0.3, 0.4) is 0 Å². The zero-order chi connectivity index (χ0) is 16.1. The summed E-state index contributed by atoms with van der Waals surface area (Å²) in [6.45, 7) is 6.43. The van der Waals surface area contributed by atoms with Crippen LogP contribution in [0.2, 0.25) is 0 Å². The van der Waals surface area contributed by atoms with E-state index in [1.165, 1.54) is 0 Å². The van der Waals surface area contributed by atoms with Crippen LogP contribution in [0.4, 0.5) is 0 Å². The van der Waals surface area contributed by atoms with Gasteiger partial charge in [0.25, 0.3) is 0 Å². The average molecular weight is 320 g/mol. The summed E-state index contributed by atoms with van der Waals surface area (Å²) in [6.07, 6.45) is 0. The molecule has 2 rings (SSSR count). The van der Waals surface area contributed by atoms with Crippen molar-refractivity contribution < 1.29 is 9.59 Å². The van der Waals surface area contributed by atoms with Gasteiger partial charge in [0, 0.05) is 23.7 Å². The number of nitrogens with zero attached hydrogens (tertiary/aromatic N) is 2. The lowest BCUT2D eigenvalue weighted by Gasteiger charge is -2.18. The molecule has 0 bridgehead atoms. The molecule has 0 aromatic carbocycles. The summed E-state index contributed by atoms with van der Waals surface area (Å²) >= 11 is 1.60. The van der Waals surface area contributed by atoms with E-state index in [4.69, 9.17) is 0 Å². The third-order valence-corrected chi connectivity index (χ3v) is 4.18. The number of thiophene rings is 1. The third-order valence-electron chi connectivity index (χ3n) is 3.21. The summed E-state index contributed by atoms with van der Waals surface area (Å²) in [5.41, 5.74) is 1.94. The Hall–Kier alpha value is -2.15. The number of amides is 2. The van der Waals surface area contributed by atoms with Crippen LogP contribution >= 0.6 is 11.3 Å². The largest absolute Gasteiger partial charge is 0.348 e. The normalized spacial score (nSPS) is 12.0. The number of likely N-dealkylation sites (N-methyl/N-ethyl adjacent to an activating group) is 1. The standard InChI is InChI=1S/C15H20N4O2S/c1-4-16-14(20)15(21)17-9-12(13-6-5-7-22-13)19-11(3)8-10(2)18-19/h5-8,12H,4,9H2,1-3H3,(H,16,20)(H,17,21). The van der Waals surface area contributed by atoms with E-state index in [-0.39, 0.29) is 6.04 Å². The Bertz CT molecular complexity index is 649. The van der Waals surface area contributed by atoms with E-state index in [0.29, 0.717) is 13.1 Å². The molecule has 6 nitrogen and oxygen atoms in total. The van der Waals surface area contributed by atoms with Gasteiger partial charge in [-0.1, -0.05) is 6.07 Å². The van der Waals surface area contributed by atoms with Crippen LogP contribution in [0.15, 0.2) is 23.6 Å². The highest BCUT2D eigenvalue weighted by atomic mass is 32.1. The number of hydrogen-bond acceptors (Lipinski definition) is 4. The summed E-state index contributed by atoms with van der Waals surface area (Å²) in [5.74, 6) is -1.23. The second-order valence-corrected chi connectivity index (χ2v) is 5.95. The van der Waals surface area contributed by atoms with Gasteiger partial charge in [-0.15, -0.1) is 11.3 Å². The average Bonchev–Trinajstić information content (AvgIpc) is 3.10. The van der Waals surface area contributed by atoms with Crippen molar-refractivity contribution in [2.45, 2.75) is 26.8 Å². The first-order valence-electron chi connectivity index (χ1n) is 7.15. The summed E-state index contributed by atoms with van der Waals surface area (Å²) in [5, 5.41) is 11.7. The monoisotopic (exact) mass is 320 g/mol. The first-order chi connectivity index (χ1) is 10.5. The first-order valence-corrected chi connectivity index (χ1v) is 8.03. The minimum atomic E-state index is -0.620. The number of aryl methyl sites for hydroxylation is 2. The number of nitrogens with one attached hydrogen (secondary N) is 2. The number of hydrogen-bond donors (Lipinski definition) is 2. The predicted octanol–water partition coefficient (Wildman–Crippen LogP) is 1.40. The van der Waals surface area contributed by atoms with Crippen molar-refractivity contribution in [3.8, 4) is 0 Å². The Labute approximate surface area is 133 Å². The minimum Gasteiger partial charge on any atom is -0.348 e. The molecule has 2 heterocycles. The van der Waals surface area contributed by atoms with E-state index in [1.807, 2.05) is 42.1 Å². The molecule has 0 radical (unpaired) electrons. The van der Waals surface area contributed by atoms with E-state index in [0.717, 1.165) is 16.3 Å². The molecule has 2 aromatic rings.